The summed E-state index contributed by atoms with van der Waals surface area (Å²) in [6, 6.07) is 12.1. The third-order valence-corrected chi connectivity index (χ3v) is 7.43. The van der Waals surface area contributed by atoms with E-state index in [0.717, 1.165) is 40.7 Å². The maximum atomic E-state index is 13.1. The van der Waals surface area contributed by atoms with Crippen LogP contribution in [0.3, 0.4) is 0 Å². The first-order valence-corrected chi connectivity index (χ1v) is 13.0. The predicted molar refractivity (Wildman–Crippen MR) is 149 cm³/mol. The van der Waals surface area contributed by atoms with Crippen LogP contribution in [0.5, 0.6) is 11.5 Å². The van der Waals surface area contributed by atoms with Crippen LogP contribution < -0.4 is 15.0 Å². The Labute approximate surface area is 223 Å². The Morgan fingerprint density at radius 1 is 1.00 bits per heavy atom. The number of benzene rings is 2. The lowest BCUT2D eigenvalue weighted by Crippen LogP contribution is -2.33. The Balaban J connectivity index is 1.65. The van der Waals surface area contributed by atoms with Crippen molar-refractivity contribution in [3.05, 3.63) is 74.8 Å². The highest BCUT2D eigenvalue weighted by molar-refractivity contribution is 5.80. The minimum absolute atomic E-state index is 0.0784. The second-order valence-corrected chi connectivity index (χ2v) is 10.5. The second kappa shape index (κ2) is 11.3. The molecule has 2 aromatic carbocycles. The van der Waals surface area contributed by atoms with Gasteiger partial charge in [0.1, 0.15) is 0 Å². The number of aryl methyl sites for hydroxylation is 2. The molecule has 0 aliphatic rings. The van der Waals surface area contributed by atoms with Crippen molar-refractivity contribution < 1.29 is 9.47 Å². The van der Waals surface area contributed by atoms with Gasteiger partial charge in [-0.05, 0) is 103 Å². The summed E-state index contributed by atoms with van der Waals surface area (Å²) in [5.74, 6) is 2.16. The third kappa shape index (κ3) is 5.88. The summed E-state index contributed by atoms with van der Waals surface area (Å²) in [4.78, 5) is 18.4. The largest absolute Gasteiger partial charge is 0.493 e. The molecule has 0 saturated carbocycles. The Morgan fingerprint density at radius 2 is 1.74 bits per heavy atom. The number of H-pyrrole nitrogens is 1. The number of hydrogen-bond donors (Lipinski definition) is 1. The van der Waals surface area contributed by atoms with Crippen LogP contribution in [0.25, 0.3) is 10.9 Å². The number of tetrazole rings is 1. The van der Waals surface area contributed by atoms with Crippen LogP contribution >= 0.6 is 0 Å². The average Bonchev–Trinajstić information content (AvgIpc) is 3.37. The van der Waals surface area contributed by atoms with Crippen LogP contribution in [-0.4, -0.2) is 50.9 Å². The molecule has 202 valence electrons. The first-order chi connectivity index (χ1) is 18.1. The van der Waals surface area contributed by atoms with Crippen LogP contribution in [0.15, 0.2) is 41.2 Å². The van der Waals surface area contributed by atoms with Gasteiger partial charge in [0, 0.05) is 24.2 Å². The van der Waals surface area contributed by atoms with Gasteiger partial charge in [-0.2, -0.15) is 0 Å². The van der Waals surface area contributed by atoms with Crippen molar-refractivity contribution in [1.82, 2.24) is 30.1 Å². The van der Waals surface area contributed by atoms with E-state index >= 15 is 0 Å². The van der Waals surface area contributed by atoms with Gasteiger partial charge in [-0.15, -0.1) is 5.10 Å². The van der Waals surface area contributed by atoms with Crippen molar-refractivity contribution in [1.29, 1.82) is 0 Å². The molecule has 4 rings (SSSR count). The molecule has 0 amide bonds. The minimum atomic E-state index is -0.219. The molecular weight excluding hydrogens is 480 g/mol. The van der Waals surface area contributed by atoms with Crippen molar-refractivity contribution in [3.63, 3.8) is 0 Å². The summed E-state index contributed by atoms with van der Waals surface area (Å²) in [6.45, 7) is 12.2. The first kappa shape index (κ1) is 27.3. The number of nitrogens with one attached hydrogen (secondary N) is 1. The number of nitrogens with zero attached hydrogens (tertiary/aromatic N) is 5. The van der Waals surface area contributed by atoms with Crippen molar-refractivity contribution >= 4 is 10.9 Å². The molecule has 9 heteroatoms. The van der Waals surface area contributed by atoms with Gasteiger partial charge in [0.05, 0.1) is 26.3 Å². The Hall–Kier alpha value is -3.72. The Morgan fingerprint density at radius 3 is 2.45 bits per heavy atom. The van der Waals surface area contributed by atoms with E-state index in [4.69, 9.17) is 9.47 Å². The van der Waals surface area contributed by atoms with Gasteiger partial charge in [-0.25, -0.2) is 4.68 Å². The van der Waals surface area contributed by atoms with Gasteiger partial charge in [0.15, 0.2) is 17.3 Å². The van der Waals surface area contributed by atoms with Crippen LogP contribution in [0.1, 0.15) is 55.3 Å². The average molecular weight is 519 g/mol. The van der Waals surface area contributed by atoms with Crippen LogP contribution in [0.2, 0.25) is 0 Å². The first-order valence-electron chi connectivity index (χ1n) is 13.0. The summed E-state index contributed by atoms with van der Waals surface area (Å²) in [5.41, 5.74) is 4.73. The summed E-state index contributed by atoms with van der Waals surface area (Å²) in [7, 11) is 3.27. The Kier molecular flexibility index (Phi) is 8.16. The number of fused-ring (bicyclic) bond motifs is 1. The lowest BCUT2D eigenvalue weighted by Gasteiger charge is -2.27. The van der Waals surface area contributed by atoms with Crippen LogP contribution in [0.4, 0.5) is 0 Å². The van der Waals surface area contributed by atoms with Crippen molar-refractivity contribution in [2.75, 3.05) is 20.8 Å². The zero-order valence-electron chi connectivity index (χ0n) is 23.5. The van der Waals surface area contributed by atoms with Gasteiger partial charge >= 0.3 is 0 Å². The van der Waals surface area contributed by atoms with Crippen molar-refractivity contribution in [3.8, 4) is 11.5 Å². The lowest BCUT2D eigenvalue weighted by atomic mass is 10.0. The van der Waals surface area contributed by atoms with Crippen LogP contribution in [0, 0.1) is 13.8 Å². The summed E-state index contributed by atoms with van der Waals surface area (Å²) in [6.07, 6.45) is 1.64. The van der Waals surface area contributed by atoms with Crippen molar-refractivity contribution in [2.24, 2.45) is 0 Å². The molecule has 0 atom stereocenters. The van der Waals surface area contributed by atoms with Gasteiger partial charge in [-0.3, -0.25) is 9.69 Å². The van der Waals surface area contributed by atoms with E-state index in [9.17, 15) is 4.79 Å². The molecule has 4 aromatic rings. The molecule has 0 fully saturated rings. The summed E-state index contributed by atoms with van der Waals surface area (Å²) >= 11 is 0. The molecule has 9 nitrogen and oxygen atoms in total. The molecule has 0 spiro atoms. The van der Waals surface area contributed by atoms with Gasteiger partial charge in [-0.1, -0.05) is 13.0 Å². The number of hydrogen-bond acceptors (Lipinski definition) is 7. The number of pyridine rings is 1. The normalized spacial score (nSPS) is 11.9. The quantitative estimate of drug-likeness (QED) is 0.311. The Bertz CT molecular complexity index is 1470. The SMILES string of the molecule is CCC(C)(C)n1nnnc1CN(CCc1ccc(OC)c(OC)c1)Cc1cc2cc(C)c(C)cc2[nH]c1=O. The fourth-order valence-corrected chi connectivity index (χ4v) is 4.54. The molecule has 0 saturated heterocycles. The third-order valence-electron chi connectivity index (χ3n) is 7.43. The van der Waals surface area contributed by atoms with Crippen molar-refractivity contribution in [2.45, 2.75) is 66.1 Å². The fraction of sp³-hybridized carbons (Fsp3) is 0.448. The molecular formula is C29H38N6O3. The predicted octanol–water partition coefficient (Wildman–Crippen LogP) is 4.54. The van der Waals surface area contributed by atoms with Gasteiger partial charge in [0.2, 0.25) is 0 Å². The number of rotatable bonds is 11. The molecule has 0 aliphatic heterocycles. The zero-order valence-corrected chi connectivity index (χ0v) is 23.5. The highest BCUT2D eigenvalue weighted by Gasteiger charge is 2.25. The smallest absolute Gasteiger partial charge is 0.252 e. The number of aromatic amines is 1. The van der Waals surface area contributed by atoms with Gasteiger partial charge < -0.3 is 14.5 Å². The monoisotopic (exact) mass is 518 g/mol. The zero-order chi connectivity index (χ0) is 27.4. The second-order valence-electron chi connectivity index (χ2n) is 10.5. The highest BCUT2D eigenvalue weighted by atomic mass is 16.5. The maximum Gasteiger partial charge on any atom is 0.252 e. The molecule has 38 heavy (non-hydrogen) atoms. The molecule has 2 heterocycles. The van der Waals surface area contributed by atoms with E-state index in [2.05, 4.69) is 66.1 Å². The molecule has 0 aliphatic carbocycles. The van der Waals surface area contributed by atoms with E-state index in [-0.39, 0.29) is 11.1 Å². The minimum Gasteiger partial charge on any atom is -0.493 e. The number of aromatic nitrogens is 5. The van der Waals surface area contributed by atoms with E-state index in [1.807, 2.05) is 35.0 Å². The number of ether oxygens (including phenoxy) is 2. The summed E-state index contributed by atoms with van der Waals surface area (Å²) < 4.78 is 12.8. The van der Waals surface area contributed by atoms with Gasteiger partial charge in [0.25, 0.3) is 5.56 Å². The topological polar surface area (TPSA) is 98.2 Å². The summed E-state index contributed by atoms with van der Waals surface area (Å²) in [5, 5.41) is 13.6. The highest BCUT2D eigenvalue weighted by Crippen LogP contribution is 2.28. The van der Waals surface area contributed by atoms with E-state index in [0.29, 0.717) is 36.7 Å². The molecule has 0 unspecified atom stereocenters. The lowest BCUT2D eigenvalue weighted by molar-refractivity contribution is 0.225. The molecule has 0 radical (unpaired) electrons. The van der Waals surface area contributed by atoms with E-state index in [1.54, 1.807) is 14.2 Å². The maximum absolute atomic E-state index is 13.1. The van der Waals surface area contributed by atoms with Crippen LogP contribution in [-0.2, 0) is 25.0 Å². The molecule has 1 N–H and O–H groups in total. The number of methoxy groups -OCH3 is 2. The molecule has 0 bridgehead atoms. The van der Waals surface area contributed by atoms with E-state index < -0.39 is 0 Å². The molecule has 2 aromatic heterocycles. The fourth-order valence-electron chi connectivity index (χ4n) is 4.54. The van der Waals surface area contributed by atoms with E-state index in [1.165, 1.54) is 5.56 Å². The standard InChI is InChI=1S/C29H38N6O3/c1-8-29(4,5)35-27(31-32-33-35)18-34(12-11-21-9-10-25(37-6)26(15-21)38-7)17-23-16-22-13-19(2)20(3)14-24(22)30-28(23)36/h9-10,13-16H,8,11-12,17-18H2,1-7H3,(H,30,36).